The molecule has 0 spiro atoms. The van der Waals surface area contributed by atoms with E-state index in [2.05, 4.69) is 5.32 Å². The van der Waals surface area contributed by atoms with Crippen LogP contribution in [0.5, 0.6) is 5.75 Å². The number of benzene rings is 2. The highest BCUT2D eigenvalue weighted by atomic mass is 32.2. The van der Waals surface area contributed by atoms with Gasteiger partial charge in [-0.1, -0.05) is 6.07 Å². The van der Waals surface area contributed by atoms with Crippen molar-refractivity contribution in [2.45, 2.75) is 11.3 Å². The highest BCUT2D eigenvalue weighted by Crippen LogP contribution is 2.27. The molecular weight excluding hydrogens is 431 g/mol. The second-order valence-corrected chi connectivity index (χ2v) is 8.64. The van der Waals surface area contributed by atoms with E-state index in [0.717, 1.165) is 0 Å². The second-order valence-electron chi connectivity index (χ2n) is 6.61. The molecule has 0 aliphatic carbocycles. The maximum Gasteiger partial charge on any atom is 0.259 e. The first kappa shape index (κ1) is 23.7. The Balaban J connectivity index is 0.00000320. The van der Waals surface area contributed by atoms with Crippen LogP contribution in [0.2, 0.25) is 0 Å². The number of hydrogen-bond donors (Lipinski definition) is 1. The number of methoxy groups -OCH3 is 1. The number of nitrogens with one attached hydrogen (secondary N) is 1. The Morgan fingerprint density at radius 2 is 2.13 bits per heavy atom. The van der Waals surface area contributed by atoms with Crippen LogP contribution in [0.4, 0.5) is 10.1 Å². The number of rotatable bonds is 6. The van der Waals surface area contributed by atoms with E-state index in [1.807, 2.05) is 0 Å². The lowest BCUT2D eigenvalue weighted by atomic mass is 10.1. The molecule has 3 rings (SSSR count). The SMILES string of the molecule is COc1ccc(S(=O)(=O)C[C@H]2CCOC2)cc1C(=O)Nc1cccc(C#N)c1F.S. The molecule has 0 radical (unpaired) electrons. The normalized spacial score (nSPS) is 15.7. The summed E-state index contributed by atoms with van der Waals surface area (Å²) in [5, 5.41) is 11.3. The molecule has 160 valence electrons. The summed E-state index contributed by atoms with van der Waals surface area (Å²) in [5.74, 6) is -1.66. The average molecular weight is 453 g/mol. The van der Waals surface area contributed by atoms with Crippen LogP contribution in [0.25, 0.3) is 0 Å². The molecule has 1 aliphatic heterocycles. The van der Waals surface area contributed by atoms with Crippen molar-refractivity contribution in [3.63, 3.8) is 0 Å². The van der Waals surface area contributed by atoms with Gasteiger partial charge in [0.15, 0.2) is 15.7 Å². The standard InChI is InChI=1S/C20H19FN2O5S.H2S/c1-27-18-6-5-15(29(25,26)12-13-7-8-28-11-13)9-16(18)20(24)23-17-4-2-3-14(10-22)19(17)21;/h2-6,9,13H,7-8,11-12H2,1H3,(H,23,24);1H2/t13-;/m0./s1. The fourth-order valence-electron chi connectivity index (χ4n) is 3.08. The van der Waals surface area contributed by atoms with E-state index in [-0.39, 0.29) is 52.6 Å². The third-order valence-electron chi connectivity index (χ3n) is 4.62. The van der Waals surface area contributed by atoms with Gasteiger partial charge in [-0.25, -0.2) is 12.8 Å². The molecule has 0 bridgehead atoms. The van der Waals surface area contributed by atoms with E-state index < -0.39 is 21.6 Å². The predicted molar refractivity (Wildman–Crippen MR) is 113 cm³/mol. The Morgan fingerprint density at radius 3 is 2.77 bits per heavy atom. The van der Waals surface area contributed by atoms with E-state index in [1.165, 1.54) is 43.5 Å². The Labute approximate surface area is 181 Å². The number of anilines is 1. The predicted octanol–water partition coefficient (Wildman–Crippen LogP) is 2.88. The number of nitriles is 1. The summed E-state index contributed by atoms with van der Waals surface area (Å²) < 4.78 is 50.1. The fourth-order valence-corrected chi connectivity index (χ4v) is 4.73. The van der Waals surface area contributed by atoms with E-state index in [4.69, 9.17) is 14.7 Å². The van der Waals surface area contributed by atoms with Crippen LogP contribution in [-0.4, -0.2) is 40.4 Å². The average Bonchev–Trinajstić information content (AvgIpc) is 3.21. The summed E-state index contributed by atoms with van der Waals surface area (Å²) in [4.78, 5) is 12.7. The highest BCUT2D eigenvalue weighted by Gasteiger charge is 2.26. The van der Waals surface area contributed by atoms with Crippen LogP contribution in [0, 0.1) is 23.1 Å². The number of ether oxygens (including phenoxy) is 2. The van der Waals surface area contributed by atoms with Gasteiger partial charge in [0, 0.05) is 6.61 Å². The van der Waals surface area contributed by atoms with Crippen LogP contribution in [0.3, 0.4) is 0 Å². The van der Waals surface area contributed by atoms with Crippen molar-refractivity contribution in [3.8, 4) is 11.8 Å². The lowest BCUT2D eigenvalue weighted by Crippen LogP contribution is -2.18. The van der Waals surface area contributed by atoms with Gasteiger partial charge in [-0.3, -0.25) is 4.79 Å². The van der Waals surface area contributed by atoms with E-state index in [0.29, 0.717) is 19.6 Å². The highest BCUT2D eigenvalue weighted by molar-refractivity contribution is 7.91. The van der Waals surface area contributed by atoms with Gasteiger partial charge < -0.3 is 14.8 Å². The molecule has 30 heavy (non-hydrogen) atoms. The Bertz CT molecular complexity index is 1080. The van der Waals surface area contributed by atoms with Crippen LogP contribution in [0.15, 0.2) is 41.3 Å². The monoisotopic (exact) mass is 452 g/mol. The molecule has 0 aromatic heterocycles. The molecule has 2 aromatic rings. The van der Waals surface area contributed by atoms with Crippen molar-refractivity contribution in [3.05, 3.63) is 53.3 Å². The van der Waals surface area contributed by atoms with Gasteiger partial charge in [-0.15, -0.1) is 0 Å². The van der Waals surface area contributed by atoms with E-state index in [1.54, 1.807) is 6.07 Å². The number of carbonyl (C=O) groups excluding carboxylic acids is 1. The molecule has 1 N–H and O–H groups in total. The Morgan fingerprint density at radius 1 is 1.37 bits per heavy atom. The molecule has 1 fully saturated rings. The van der Waals surface area contributed by atoms with Crippen LogP contribution in [0.1, 0.15) is 22.3 Å². The number of nitrogens with zero attached hydrogens (tertiary/aromatic N) is 1. The van der Waals surface area contributed by atoms with Crippen molar-refractivity contribution in [1.29, 1.82) is 5.26 Å². The summed E-state index contributed by atoms with van der Waals surface area (Å²) in [6.45, 7) is 0.918. The number of halogens is 1. The molecule has 1 saturated heterocycles. The van der Waals surface area contributed by atoms with Crippen molar-refractivity contribution in [1.82, 2.24) is 0 Å². The first-order valence-corrected chi connectivity index (χ1v) is 10.5. The quantitative estimate of drug-likeness (QED) is 0.723. The van der Waals surface area contributed by atoms with Gasteiger partial charge in [0.05, 0.1) is 41.2 Å². The molecule has 7 nitrogen and oxygen atoms in total. The number of amides is 1. The molecule has 1 atom stereocenters. The smallest absolute Gasteiger partial charge is 0.259 e. The largest absolute Gasteiger partial charge is 0.496 e. The topological polar surface area (TPSA) is 105 Å². The first-order chi connectivity index (χ1) is 13.9. The third kappa shape index (κ3) is 5.11. The minimum atomic E-state index is -3.65. The zero-order valence-electron chi connectivity index (χ0n) is 16.1. The molecule has 1 aliphatic rings. The lowest BCUT2D eigenvalue weighted by molar-refractivity contribution is 0.102. The molecule has 0 unspecified atom stereocenters. The third-order valence-corrected chi connectivity index (χ3v) is 6.50. The summed E-state index contributed by atoms with van der Waals surface area (Å²) >= 11 is 0. The molecule has 10 heteroatoms. The Hall–Kier alpha value is -2.61. The van der Waals surface area contributed by atoms with E-state index >= 15 is 0 Å². The number of carbonyl (C=O) groups is 1. The minimum absolute atomic E-state index is 0. The summed E-state index contributed by atoms with van der Waals surface area (Å²) in [6.07, 6.45) is 0.664. The lowest BCUT2D eigenvalue weighted by Gasteiger charge is -2.13. The molecule has 0 saturated carbocycles. The summed E-state index contributed by atoms with van der Waals surface area (Å²) in [7, 11) is -2.31. The molecule has 2 aromatic carbocycles. The molecular formula is C20H21FN2O5S2. The minimum Gasteiger partial charge on any atom is -0.496 e. The molecule has 1 heterocycles. The second kappa shape index (κ2) is 9.93. The van der Waals surface area contributed by atoms with Crippen molar-refractivity contribution >= 4 is 34.9 Å². The summed E-state index contributed by atoms with van der Waals surface area (Å²) in [5.41, 5.74) is -0.463. The van der Waals surface area contributed by atoms with Crippen LogP contribution in [-0.2, 0) is 14.6 Å². The first-order valence-electron chi connectivity index (χ1n) is 8.84. The van der Waals surface area contributed by atoms with Crippen molar-refractivity contribution in [2.24, 2.45) is 5.92 Å². The van der Waals surface area contributed by atoms with Crippen molar-refractivity contribution in [2.75, 3.05) is 31.4 Å². The van der Waals surface area contributed by atoms with Gasteiger partial charge in [-0.2, -0.15) is 18.8 Å². The van der Waals surface area contributed by atoms with Crippen LogP contribution >= 0.6 is 13.5 Å². The van der Waals surface area contributed by atoms with Gasteiger partial charge in [0.2, 0.25) is 0 Å². The molecule has 1 amide bonds. The number of hydrogen-bond acceptors (Lipinski definition) is 6. The Kier molecular flexibility index (Phi) is 7.83. The van der Waals surface area contributed by atoms with Gasteiger partial charge in [0.25, 0.3) is 5.91 Å². The maximum atomic E-state index is 14.3. The van der Waals surface area contributed by atoms with Gasteiger partial charge >= 0.3 is 0 Å². The van der Waals surface area contributed by atoms with E-state index in [9.17, 15) is 17.6 Å². The van der Waals surface area contributed by atoms with Gasteiger partial charge in [0.1, 0.15) is 11.8 Å². The summed E-state index contributed by atoms with van der Waals surface area (Å²) in [6, 6.07) is 9.68. The van der Waals surface area contributed by atoms with Gasteiger partial charge in [-0.05, 0) is 42.7 Å². The van der Waals surface area contributed by atoms with Crippen molar-refractivity contribution < 1.29 is 27.1 Å². The fraction of sp³-hybridized carbons (Fsp3) is 0.300. The zero-order valence-corrected chi connectivity index (χ0v) is 18.0. The maximum absolute atomic E-state index is 14.3. The number of sulfone groups is 1. The zero-order chi connectivity index (χ0) is 21.0. The van der Waals surface area contributed by atoms with Crippen LogP contribution < -0.4 is 10.1 Å².